The summed E-state index contributed by atoms with van der Waals surface area (Å²) in [6, 6.07) is 6.84. The maximum atomic E-state index is 11.1. The molecule has 1 rings (SSSR count). The lowest BCUT2D eigenvalue weighted by atomic mass is 10.2. The van der Waals surface area contributed by atoms with Gasteiger partial charge < -0.3 is 9.47 Å². The molecular formula is C10H11BrO3. The quantitative estimate of drug-likeness (QED) is 0.614. The number of carbonyl (C=O) groups is 1. The third-order valence-corrected chi connectivity index (χ3v) is 1.95. The molecule has 4 heteroatoms. The van der Waals surface area contributed by atoms with Crippen molar-refractivity contribution in [2.45, 2.75) is 0 Å². The van der Waals surface area contributed by atoms with E-state index < -0.39 is 0 Å². The Balaban J connectivity index is 2.63. The van der Waals surface area contributed by atoms with Crippen LogP contribution in [-0.4, -0.2) is 25.0 Å². The number of alkyl halides is 1. The maximum Gasteiger partial charge on any atom is 0.337 e. The Labute approximate surface area is 91.1 Å². The molecule has 1 aromatic carbocycles. The minimum absolute atomic E-state index is 0.336. The zero-order chi connectivity index (χ0) is 10.4. The Bertz CT molecular complexity index is 295. The SMILES string of the molecule is COC(=O)c1ccc(OCCBr)cc1. The second-order valence-corrected chi connectivity index (χ2v) is 3.35. The van der Waals surface area contributed by atoms with Gasteiger partial charge in [0.25, 0.3) is 0 Å². The summed E-state index contributed by atoms with van der Waals surface area (Å²) in [5.74, 6) is 0.411. The summed E-state index contributed by atoms with van der Waals surface area (Å²) in [5, 5.41) is 0.783. The molecule has 0 aliphatic heterocycles. The number of esters is 1. The van der Waals surface area contributed by atoms with E-state index in [4.69, 9.17) is 4.74 Å². The number of methoxy groups -OCH3 is 1. The van der Waals surface area contributed by atoms with Gasteiger partial charge >= 0.3 is 5.97 Å². The van der Waals surface area contributed by atoms with Crippen molar-refractivity contribution in [1.82, 2.24) is 0 Å². The minimum atomic E-state index is -0.336. The second-order valence-electron chi connectivity index (χ2n) is 2.55. The molecule has 0 bridgehead atoms. The van der Waals surface area contributed by atoms with Gasteiger partial charge in [0.1, 0.15) is 5.75 Å². The largest absolute Gasteiger partial charge is 0.493 e. The molecule has 76 valence electrons. The van der Waals surface area contributed by atoms with Crippen LogP contribution < -0.4 is 4.74 Å². The van der Waals surface area contributed by atoms with E-state index in [-0.39, 0.29) is 5.97 Å². The van der Waals surface area contributed by atoms with Gasteiger partial charge in [-0.3, -0.25) is 0 Å². The fourth-order valence-corrected chi connectivity index (χ4v) is 1.12. The Morgan fingerprint density at radius 2 is 2.00 bits per heavy atom. The Morgan fingerprint density at radius 1 is 1.36 bits per heavy atom. The first-order valence-electron chi connectivity index (χ1n) is 4.15. The van der Waals surface area contributed by atoms with Crippen LogP contribution in [0.5, 0.6) is 5.75 Å². The van der Waals surface area contributed by atoms with E-state index in [1.807, 2.05) is 0 Å². The molecule has 0 atom stereocenters. The Morgan fingerprint density at radius 3 is 2.50 bits per heavy atom. The molecule has 0 heterocycles. The molecule has 0 fully saturated rings. The molecule has 0 saturated carbocycles. The van der Waals surface area contributed by atoms with Crippen LogP contribution in [0.4, 0.5) is 0 Å². The number of benzene rings is 1. The van der Waals surface area contributed by atoms with Crippen LogP contribution >= 0.6 is 15.9 Å². The predicted molar refractivity (Wildman–Crippen MR) is 57.1 cm³/mol. The van der Waals surface area contributed by atoms with Gasteiger partial charge in [0, 0.05) is 5.33 Å². The zero-order valence-electron chi connectivity index (χ0n) is 7.83. The van der Waals surface area contributed by atoms with Gasteiger partial charge in [0.2, 0.25) is 0 Å². The van der Waals surface area contributed by atoms with Crippen molar-refractivity contribution < 1.29 is 14.3 Å². The van der Waals surface area contributed by atoms with Crippen LogP contribution in [0.1, 0.15) is 10.4 Å². The standard InChI is InChI=1S/C10H11BrO3/c1-13-10(12)8-2-4-9(5-3-8)14-7-6-11/h2-5H,6-7H2,1H3. The molecular weight excluding hydrogens is 248 g/mol. The van der Waals surface area contributed by atoms with E-state index in [1.165, 1.54) is 7.11 Å². The molecule has 14 heavy (non-hydrogen) atoms. The van der Waals surface area contributed by atoms with E-state index >= 15 is 0 Å². The first-order valence-corrected chi connectivity index (χ1v) is 5.27. The minimum Gasteiger partial charge on any atom is -0.493 e. The van der Waals surface area contributed by atoms with Crippen molar-refractivity contribution in [2.75, 3.05) is 19.0 Å². The highest BCUT2D eigenvalue weighted by Crippen LogP contribution is 2.12. The topological polar surface area (TPSA) is 35.5 Å². The molecule has 0 N–H and O–H groups in total. The van der Waals surface area contributed by atoms with Crippen molar-refractivity contribution in [3.05, 3.63) is 29.8 Å². The van der Waals surface area contributed by atoms with E-state index in [0.717, 1.165) is 11.1 Å². The number of hydrogen-bond donors (Lipinski definition) is 0. The maximum absolute atomic E-state index is 11.1. The summed E-state index contributed by atoms with van der Waals surface area (Å²) in [6.07, 6.45) is 0. The normalized spacial score (nSPS) is 9.57. The van der Waals surface area contributed by atoms with E-state index in [1.54, 1.807) is 24.3 Å². The highest BCUT2D eigenvalue weighted by Gasteiger charge is 2.03. The van der Waals surface area contributed by atoms with Crippen LogP contribution in [-0.2, 0) is 4.74 Å². The number of halogens is 1. The van der Waals surface area contributed by atoms with Crippen molar-refractivity contribution >= 4 is 21.9 Å². The smallest absolute Gasteiger partial charge is 0.337 e. The summed E-state index contributed by atoms with van der Waals surface area (Å²) in [6.45, 7) is 0.609. The first-order chi connectivity index (χ1) is 6.77. The molecule has 0 aromatic heterocycles. The number of rotatable bonds is 4. The summed E-state index contributed by atoms with van der Waals surface area (Å²) < 4.78 is 9.89. The average Bonchev–Trinajstić information content (AvgIpc) is 2.26. The van der Waals surface area contributed by atoms with Gasteiger partial charge in [-0.25, -0.2) is 4.79 Å². The van der Waals surface area contributed by atoms with Crippen LogP contribution in [0.3, 0.4) is 0 Å². The number of carbonyl (C=O) groups excluding carboxylic acids is 1. The van der Waals surface area contributed by atoms with Crippen LogP contribution in [0.2, 0.25) is 0 Å². The first kappa shape index (κ1) is 11.0. The summed E-state index contributed by atoms with van der Waals surface area (Å²) in [4.78, 5) is 11.1. The molecule has 0 saturated heterocycles. The van der Waals surface area contributed by atoms with E-state index in [0.29, 0.717) is 12.2 Å². The number of ether oxygens (including phenoxy) is 2. The van der Waals surface area contributed by atoms with Gasteiger partial charge in [-0.15, -0.1) is 0 Å². The lowest BCUT2D eigenvalue weighted by molar-refractivity contribution is 0.0600. The molecule has 1 aromatic rings. The van der Waals surface area contributed by atoms with Crippen molar-refractivity contribution in [3.8, 4) is 5.75 Å². The fourth-order valence-electron chi connectivity index (χ4n) is 0.962. The van der Waals surface area contributed by atoms with E-state index in [9.17, 15) is 4.79 Å². The van der Waals surface area contributed by atoms with Gasteiger partial charge in [0.15, 0.2) is 0 Å². The summed E-state index contributed by atoms with van der Waals surface area (Å²) in [5.41, 5.74) is 0.527. The van der Waals surface area contributed by atoms with Crippen molar-refractivity contribution in [1.29, 1.82) is 0 Å². The monoisotopic (exact) mass is 258 g/mol. The van der Waals surface area contributed by atoms with E-state index in [2.05, 4.69) is 20.7 Å². The zero-order valence-corrected chi connectivity index (χ0v) is 9.41. The number of hydrogen-bond acceptors (Lipinski definition) is 3. The molecule has 0 amide bonds. The lowest BCUT2D eigenvalue weighted by Crippen LogP contribution is -2.01. The van der Waals surface area contributed by atoms with Gasteiger partial charge in [0.05, 0.1) is 19.3 Å². The lowest BCUT2D eigenvalue weighted by Gasteiger charge is -2.04. The van der Waals surface area contributed by atoms with Crippen molar-refractivity contribution in [2.24, 2.45) is 0 Å². The second kappa shape index (κ2) is 5.65. The predicted octanol–water partition coefficient (Wildman–Crippen LogP) is 2.25. The fraction of sp³-hybridized carbons (Fsp3) is 0.300. The van der Waals surface area contributed by atoms with Crippen LogP contribution in [0, 0.1) is 0 Å². The third kappa shape index (κ3) is 3.03. The highest BCUT2D eigenvalue weighted by atomic mass is 79.9. The molecule has 0 spiro atoms. The summed E-state index contributed by atoms with van der Waals surface area (Å²) >= 11 is 3.26. The van der Waals surface area contributed by atoms with Gasteiger partial charge in [-0.2, -0.15) is 0 Å². The molecule has 0 unspecified atom stereocenters. The Hall–Kier alpha value is -1.03. The molecule has 0 aliphatic carbocycles. The van der Waals surface area contributed by atoms with Gasteiger partial charge in [-0.05, 0) is 24.3 Å². The molecule has 0 radical (unpaired) electrons. The van der Waals surface area contributed by atoms with Crippen LogP contribution in [0.15, 0.2) is 24.3 Å². The Kier molecular flexibility index (Phi) is 4.46. The summed E-state index contributed by atoms with van der Waals surface area (Å²) in [7, 11) is 1.36. The highest BCUT2D eigenvalue weighted by molar-refractivity contribution is 9.09. The molecule has 0 aliphatic rings. The third-order valence-electron chi connectivity index (χ3n) is 1.62. The van der Waals surface area contributed by atoms with Gasteiger partial charge in [-0.1, -0.05) is 15.9 Å². The van der Waals surface area contributed by atoms with Crippen LogP contribution in [0.25, 0.3) is 0 Å². The average molecular weight is 259 g/mol. The molecule has 3 nitrogen and oxygen atoms in total. The van der Waals surface area contributed by atoms with Crippen molar-refractivity contribution in [3.63, 3.8) is 0 Å².